The molecule has 1 aliphatic rings. The van der Waals surface area contributed by atoms with Crippen molar-refractivity contribution in [3.63, 3.8) is 0 Å². The number of likely N-dealkylation sites (N-methyl/N-ethyl adjacent to an activating group) is 1. The molecule has 17 heavy (non-hydrogen) atoms. The van der Waals surface area contributed by atoms with Gasteiger partial charge in [0.15, 0.2) is 0 Å². The summed E-state index contributed by atoms with van der Waals surface area (Å²) in [5.41, 5.74) is 0. The summed E-state index contributed by atoms with van der Waals surface area (Å²) in [6.45, 7) is 14.0. The Bertz CT molecular complexity index is 214. The lowest BCUT2D eigenvalue weighted by atomic mass is 9.94. The lowest BCUT2D eigenvalue weighted by Gasteiger charge is -2.44. The fourth-order valence-corrected chi connectivity index (χ4v) is 2.54. The van der Waals surface area contributed by atoms with Gasteiger partial charge >= 0.3 is 0 Å². The van der Waals surface area contributed by atoms with Gasteiger partial charge in [-0.3, -0.25) is 4.90 Å². The minimum atomic E-state index is 0.659. The van der Waals surface area contributed by atoms with Crippen LogP contribution in [0, 0.1) is 11.8 Å². The molecule has 1 fully saturated rings. The molecule has 1 heterocycles. The smallest absolute Gasteiger partial charge is 0.0244 e. The largest absolute Gasteiger partial charge is 0.311 e. The minimum Gasteiger partial charge on any atom is -0.311 e. The predicted octanol–water partition coefficient (Wildman–Crippen LogP) is 1.50. The van der Waals surface area contributed by atoms with Gasteiger partial charge in [-0.25, -0.2) is 0 Å². The average molecular weight is 241 g/mol. The zero-order valence-corrected chi connectivity index (χ0v) is 12.5. The van der Waals surface area contributed by atoms with E-state index in [2.05, 4.69) is 56.9 Å². The molecule has 3 nitrogen and oxygen atoms in total. The molecule has 0 bridgehead atoms. The van der Waals surface area contributed by atoms with Crippen LogP contribution in [-0.2, 0) is 0 Å². The molecule has 1 aliphatic heterocycles. The van der Waals surface area contributed by atoms with Gasteiger partial charge in [-0.1, -0.05) is 27.7 Å². The van der Waals surface area contributed by atoms with Crippen molar-refractivity contribution in [2.24, 2.45) is 11.8 Å². The van der Waals surface area contributed by atoms with Crippen molar-refractivity contribution in [1.82, 2.24) is 15.1 Å². The van der Waals surface area contributed by atoms with Crippen LogP contribution in [0.15, 0.2) is 0 Å². The average Bonchev–Trinajstić information content (AvgIpc) is 2.25. The van der Waals surface area contributed by atoms with E-state index in [-0.39, 0.29) is 0 Å². The molecule has 1 N–H and O–H groups in total. The van der Waals surface area contributed by atoms with Gasteiger partial charge in [-0.05, 0) is 25.9 Å². The summed E-state index contributed by atoms with van der Waals surface area (Å²) >= 11 is 0. The number of hydrogen-bond acceptors (Lipinski definition) is 3. The van der Waals surface area contributed by atoms with E-state index in [4.69, 9.17) is 0 Å². The Kier molecular flexibility index (Phi) is 5.90. The van der Waals surface area contributed by atoms with E-state index in [0.29, 0.717) is 12.1 Å². The number of nitrogens with zero attached hydrogens (tertiary/aromatic N) is 2. The van der Waals surface area contributed by atoms with Gasteiger partial charge in [0.05, 0.1) is 0 Å². The van der Waals surface area contributed by atoms with Gasteiger partial charge in [0.2, 0.25) is 0 Å². The van der Waals surface area contributed by atoms with Crippen molar-refractivity contribution in [3.8, 4) is 0 Å². The van der Waals surface area contributed by atoms with Gasteiger partial charge in [0.25, 0.3) is 0 Å². The highest BCUT2D eigenvalue weighted by atomic mass is 15.3. The first kappa shape index (κ1) is 14.9. The Hall–Kier alpha value is -0.120. The normalized spacial score (nSPS) is 27.4. The molecule has 2 atom stereocenters. The van der Waals surface area contributed by atoms with Crippen molar-refractivity contribution in [1.29, 1.82) is 0 Å². The van der Waals surface area contributed by atoms with E-state index in [1.165, 1.54) is 13.1 Å². The molecule has 0 aromatic rings. The second kappa shape index (κ2) is 6.72. The molecule has 0 aliphatic carbocycles. The molecule has 0 amide bonds. The summed E-state index contributed by atoms with van der Waals surface area (Å²) in [6, 6.07) is 1.36. The fourth-order valence-electron chi connectivity index (χ4n) is 2.54. The maximum absolute atomic E-state index is 3.71. The molecule has 1 saturated heterocycles. The molecule has 0 aromatic heterocycles. The van der Waals surface area contributed by atoms with Gasteiger partial charge < -0.3 is 10.2 Å². The Labute approximate surface area is 108 Å². The lowest BCUT2D eigenvalue weighted by Crippen LogP contribution is -2.60. The van der Waals surface area contributed by atoms with Crippen LogP contribution in [0.2, 0.25) is 0 Å². The molecule has 102 valence electrons. The van der Waals surface area contributed by atoms with Crippen LogP contribution in [0.25, 0.3) is 0 Å². The number of hydrogen-bond donors (Lipinski definition) is 1. The van der Waals surface area contributed by atoms with Crippen LogP contribution in [0.5, 0.6) is 0 Å². The SMILES string of the molecule is CC(C)C1CN(CCN(C)C)C(C(C)C)CN1. The van der Waals surface area contributed by atoms with E-state index in [1.807, 2.05) is 0 Å². The quantitative estimate of drug-likeness (QED) is 0.787. The van der Waals surface area contributed by atoms with Crippen molar-refractivity contribution in [3.05, 3.63) is 0 Å². The van der Waals surface area contributed by atoms with E-state index < -0.39 is 0 Å². The molecule has 0 saturated carbocycles. The first-order chi connectivity index (χ1) is 7.91. The molecule has 1 rings (SSSR count). The predicted molar refractivity (Wildman–Crippen MR) is 75.4 cm³/mol. The highest BCUT2D eigenvalue weighted by Crippen LogP contribution is 2.17. The van der Waals surface area contributed by atoms with Crippen molar-refractivity contribution in [2.75, 3.05) is 40.3 Å². The molecule has 0 radical (unpaired) electrons. The van der Waals surface area contributed by atoms with Crippen LogP contribution in [0.1, 0.15) is 27.7 Å². The zero-order chi connectivity index (χ0) is 13.0. The zero-order valence-electron chi connectivity index (χ0n) is 12.5. The molecule has 0 spiro atoms. The second-order valence-electron chi connectivity index (χ2n) is 6.37. The van der Waals surface area contributed by atoms with E-state index in [9.17, 15) is 0 Å². The Morgan fingerprint density at radius 2 is 1.82 bits per heavy atom. The van der Waals surface area contributed by atoms with Crippen LogP contribution < -0.4 is 5.32 Å². The van der Waals surface area contributed by atoms with Crippen LogP contribution in [0.3, 0.4) is 0 Å². The summed E-state index contributed by atoms with van der Waals surface area (Å²) in [7, 11) is 4.32. The van der Waals surface area contributed by atoms with E-state index >= 15 is 0 Å². The van der Waals surface area contributed by atoms with Gasteiger partial charge in [-0.15, -0.1) is 0 Å². The molecular weight excluding hydrogens is 210 g/mol. The molecule has 0 aromatic carbocycles. The monoisotopic (exact) mass is 241 g/mol. The minimum absolute atomic E-state index is 0.659. The van der Waals surface area contributed by atoms with Crippen LogP contribution in [-0.4, -0.2) is 62.2 Å². The van der Waals surface area contributed by atoms with Crippen molar-refractivity contribution >= 4 is 0 Å². The maximum Gasteiger partial charge on any atom is 0.0244 e. The van der Waals surface area contributed by atoms with Crippen LogP contribution >= 0.6 is 0 Å². The third-order valence-electron chi connectivity index (χ3n) is 3.90. The Morgan fingerprint density at radius 3 is 2.29 bits per heavy atom. The van der Waals surface area contributed by atoms with E-state index in [1.54, 1.807) is 0 Å². The third kappa shape index (κ3) is 4.57. The fraction of sp³-hybridized carbons (Fsp3) is 1.00. The third-order valence-corrected chi connectivity index (χ3v) is 3.90. The summed E-state index contributed by atoms with van der Waals surface area (Å²) in [4.78, 5) is 4.97. The molecule has 2 unspecified atom stereocenters. The summed E-state index contributed by atoms with van der Waals surface area (Å²) in [5, 5.41) is 3.71. The number of piperazine rings is 1. The topological polar surface area (TPSA) is 18.5 Å². The summed E-state index contributed by atoms with van der Waals surface area (Å²) in [6.07, 6.45) is 0. The summed E-state index contributed by atoms with van der Waals surface area (Å²) in [5.74, 6) is 1.46. The first-order valence-corrected chi connectivity index (χ1v) is 7.04. The first-order valence-electron chi connectivity index (χ1n) is 7.04. The highest BCUT2D eigenvalue weighted by molar-refractivity contribution is 4.89. The van der Waals surface area contributed by atoms with E-state index in [0.717, 1.165) is 24.9 Å². The molecule has 3 heteroatoms. The van der Waals surface area contributed by atoms with Gasteiger partial charge in [0, 0.05) is 38.3 Å². The maximum atomic E-state index is 3.71. The standard InChI is InChI=1S/C14H31N3/c1-11(2)13-10-17(8-7-16(5)6)14(9-15-13)12(3)4/h11-15H,7-10H2,1-6H3. The van der Waals surface area contributed by atoms with Crippen LogP contribution in [0.4, 0.5) is 0 Å². The number of nitrogens with one attached hydrogen (secondary N) is 1. The van der Waals surface area contributed by atoms with Crippen molar-refractivity contribution < 1.29 is 0 Å². The number of rotatable bonds is 5. The highest BCUT2D eigenvalue weighted by Gasteiger charge is 2.30. The molecular formula is C14H31N3. The summed E-state index contributed by atoms with van der Waals surface area (Å²) < 4.78 is 0. The Morgan fingerprint density at radius 1 is 1.18 bits per heavy atom. The van der Waals surface area contributed by atoms with Crippen molar-refractivity contribution in [2.45, 2.75) is 39.8 Å². The lowest BCUT2D eigenvalue weighted by molar-refractivity contribution is 0.0789. The second-order valence-corrected chi connectivity index (χ2v) is 6.37. The van der Waals surface area contributed by atoms with Gasteiger partial charge in [-0.2, -0.15) is 0 Å². The van der Waals surface area contributed by atoms with Gasteiger partial charge in [0.1, 0.15) is 0 Å². The Balaban J connectivity index is 2.56.